The van der Waals surface area contributed by atoms with Crippen LogP contribution in [0.15, 0.2) is 59.2 Å². The number of nitrogens with zero attached hydrogens (tertiary/aromatic N) is 1. The summed E-state index contributed by atoms with van der Waals surface area (Å²) in [7, 11) is 0. The van der Waals surface area contributed by atoms with E-state index in [1.54, 1.807) is 6.26 Å². The van der Waals surface area contributed by atoms with Gasteiger partial charge in [0.05, 0.1) is 12.0 Å². The summed E-state index contributed by atoms with van der Waals surface area (Å²) in [5.41, 5.74) is 4.58. The van der Waals surface area contributed by atoms with Gasteiger partial charge in [-0.3, -0.25) is 0 Å². The first kappa shape index (κ1) is 14.2. The Hall–Kier alpha value is -2.46. The number of hydrogen-bond donors (Lipinski definition) is 2. The molecular formula is C19H21N3O. The molecular weight excluding hydrogens is 286 g/mol. The first-order chi connectivity index (χ1) is 11.4. The zero-order chi connectivity index (χ0) is 15.5. The lowest BCUT2D eigenvalue weighted by Gasteiger charge is -2.29. The van der Waals surface area contributed by atoms with Crippen LogP contribution in [-0.4, -0.2) is 26.2 Å². The maximum atomic E-state index is 5.73. The summed E-state index contributed by atoms with van der Waals surface area (Å²) in [5, 5.41) is 8.09. The number of anilines is 2. The lowest BCUT2D eigenvalue weighted by molar-refractivity contribution is 0.579. The molecule has 23 heavy (non-hydrogen) atoms. The smallest absolute Gasteiger partial charge is 0.157 e. The molecule has 0 saturated carbocycles. The van der Waals surface area contributed by atoms with Gasteiger partial charge in [0, 0.05) is 43.8 Å². The van der Waals surface area contributed by atoms with Crippen LogP contribution in [0.3, 0.4) is 0 Å². The van der Waals surface area contributed by atoms with Crippen LogP contribution in [0.2, 0.25) is 0 Å². The van der Waals surface area contributed by atoms with E-state index in [0.717, 1.165) is 49.4 Å². The molecule has 0 atom stereocenters. The molecule has 2 heterocycles. The van der Waals surface area contributed by atoms with Gasteiger partial charge in [-0.15, -0.1) is 0 Å². The van der Waals surface area contributed by atoms with Crippen molar-refractivity contribution < 1.29 is 4.42 Å². The zero-order valence-electron chi connectivity index (χ0n) is 13.1. The Morgan fingerprint density at radius 3 is 2.70 bits per heavy atom. The topological polar surface area (TPSA) is 40.4 Å². The molecule has 4 heteroatoms. The van der Waals surface area contributed by atoms with Crippen LogP contribution in [0.1, 0.15) is 5.56 Å². The molecule has 0 spiro atoms. The Balaban J connectivity index is 1.62. The molecule has 1 aliphatic rings. The van der Waals surface area contributed by atoms with Gasteiger partial charge in [-0.1, -0.05) is 30.3 Å². The number of rotatable bonds is 4. The summed E-state index contributed by atoms with van der Waals surface area (Å²) in [6.07, 6.45) is 1.78. The third-order valence-corrected chi connectivity index (χ3v) is 4.33. The normalized spacial score (nSPS) is 15.0. The minimum Gasteiger partial charge on any atom is -0.462 e. The van der Waals surface area contributed by atoms with Crippen LogP contribution < -0.4 is 15.5 Å². The molecule has 3 aromatic rings. The third kappa shape index (κ3) is 3.03. The maximum Gasteiger partial charge on any atom is 0.157 e. The van der Waals surface area contributed by atoms with Gasteiger partial charge in [0.2, 0.25) is 0 Å². The number of piperazine rings is 1. The average Bonchev–Trinajstić information content (AvgIpc) is 3.09. The summed E-state index contributed by atoms with van der Waals surface area (Å²) in [6, 6.07) is 16.9. The van der Waals surface area contributed by atoms with Gasteiger partial charge in [-0.25, -0.2) is 0 Å². The minimum absolute atomic E-state index is 0.825. The van der Waals surface area contributed by atoms with Crippen LogP contribution >= 0.6 is 0 Å². The molecule has 1 fully saturated rings. The maximum absolute atomic E-state index is 5.73. The van der Waals surface area contributed by atoms with E-state index < -0.39 is 0 Å². The van der Waals surface area contributed by atoms with Gasteiger partial charge in [0.25, 0.3) is 0 Å². The summed E-state index contributed by atoms with van der Waals surface area (Å²) in [6.45, 7) is 4.88. The summed E-state index contributed by atoms with van der Waals surface area (Å²) in [5.74, 6) is 0. The van der Waals surface area contributed by atoms with Crippen molar-refractivity contribution in [1.82, 2.24) is 5.32 Å². The van der Waals surface area contributed by atoms with Crippen LogP contribution in [0.5, 0.6) is 0 Å². The molecule has 2 aromatic carbocycles. The number of furan rings is 1. The Morgan fingerprint density at radius 1 is 1.04 bits per heavy atom. The van der Waals surface area contributed by atoms with Gasteiger partial charge in [-0.2, -0.15) is 0 Å². The highest BCUT2D eigenvalue weighted by Gasteiger charge is 2.16. The Morgan fingerprint density at radius 2 is 1.87 bits per heavy atom. The largest absolute Gasteiger partial charge is 0.462 e. The highest BCUT2D eigenvalue weighted by molar-refractivity contribution is 5.93. The summed E-state index contributed by atoms with van der Waals surface area (Å²) < 4.78 is 5.73. The molecule has 0 unspecified atom stereocenters. The van der Waals surface area contributed by atoms with Crippen molar-refractivity contribution in [3.8, 4) is 0 Å². The molecule has 4 nitrogen and oxygen atoms in total. The standard InChI is InChI=1S/C19H21N3O/c1-2-4-15(5-3-1)14-21-17-12-16-6-11-23-19(16)18(13-17)22-9-7-20-8-10-22/h1-6,11-13,20-21H,7-10,14H2. The van der Waals surface area contributed by atoms with E-state index in [1.165, 1.54) is 11.3 Å². The van der Waals surface area contributed by atoms with Crippen molar-refractivity contribution in [3.63, 3.8) is 0 Å². The number of fused-ring (bicyclic) bond motifs is 1. The summed E-state index contributed by atoms with van der Waals surface area (Å²) >= 11 is 0. The monoisotopic (exact) mass is 307 g/mol. The number of hydrogen-bond acceptors (Lipinski definition) is 4. The molecule has 0 amide bonds. The molecule has 118 valence electrons. The van der Waals surface area contributed by atoms with E-state index in [-0.39, 0.29) is 0 Å². The van der Waals surface area contributed by atoms with Crippen LogP contribution in [0.4, 0.5) is 11.4 Å². The van der Waals surface area contributed by atoms with E-state index in [9.17, 15) is 0 Å². The van der Waals surface area contributed by atoms with Gasteiger partial charge in [-0.05, 0) is 23.8 Å². The van der Waals surface area contributed by atoms with E-state index >= 15 is 0 Å². The van der Waals surface area contributed by atoms with Crippen molar-refractivity contribution in [2.45, 2.75) is 6.54 Å². The fraction of sp³-hybridized carbons (Fsp3) is 0.263. The molecule has 1 saturated heterocycles. The number of benzene rings is 2. The molecule has 0 radical (unpaired) electrons. The fourth-order valence-corrected chi connectivity index (χ4v) is 3.11. The predicted molar refractivity (Wildman–Crippen MR) is 95.1 cm³/mol. The van der Waals surface area contributed by atoms with Crippen LogP contribution in [0, 0.1) is 0 Å². The SMILES string of the molecule is c1ccc(CNc2cc(N3CCNCC3)c3occc3c2)cc1. The van der Waals surface area contributed by atoms with E-state index in [1.807, 2.05) is 12.1 Å². The lowest BCUT2D eigenvalue weighted by Crippen LogP contribution is -2.43. The van der Waals surface area contributed by atoms with Gasteiger partial charge in [0.1, 0.15) is 0 Å². The van der Waals surface area contributed by atoms with Gasteiger partial charge < -0.3 is 20.0 Å². The first-order valence-corrected chi connectivity index (χ1v) is 8.15. The fourth-order valence-electron chi connectivity index (χ4n) is 3.11. The Labute approximate surface area is 136 Å². The van der Waals surface area contributed by atoms with Crippen molar-refractivity contribution in [1.29, 1.82) is 0 Å². The third-order valence-electron chi connectivity index (χ3n) is 4.33. The Kier molecular flexibility index (Phi) is 3.90. The predicted octanol–water partition coefficient (Wildman–Crippen LogP) is 3.45. The second-order valence-electron chi connectivity index (χ2n) is 5.91. The van der Waals surface area contributed by atoms with Crippen molar-refractivity contribution >= 4 is 22.3 Å². The van der Waals surface area contributed by atoms with Gasteiger partial charge in [0.15, 0.2) is 5.58 Å². The Bertz CT molecular complexity index is 776. The minimum atomic E-state index is 0.825. The van der Waals surface area contributed by atoms with E-state index in [4.69, 9.17) is 4.42 Å². The lowest BCUT2D eigenvalue weighted by atomic mass is 10.1. The second kappa shape index (κ2) is 6.34. The van der Waals surface area contributed by atoms with Gasteiger partial charge >= 0.3 is 0 Å². The van der Waals surface area contributed by atoms with E-state index in [0.29, 0.717) is 0 Å². The van der Waals surface area contributed by atoms with Crippen molar-refractivity contribution in [2.75, 3.05) is 36.4 Å². The molecule has 0 bridgehead atoms. The van der Waals surface area contributed by atoms with Crippen molar-refractivity contribution in [2.24, 2.45) is 0 Å². The molecule has 1 aromatic heterocycles. The van der Waals surface area contributed by atoms with E-state index in [2.05, 4.69) is 51.9 Å². The molecule has 0 aliphatic carbocycles. The zero-order valence-corrected chi connectivity index (χ0v) is 13.1. The van der Waals surface area contributed by atoms with Crippen LogP contribution in [-0.2, 0) is 6.54 Å². The van der Waals surface area contributed by atoms with Crippen molar-refractivity contribution in [3.05, 3.63) is 60.4 Å². The molecule has 4 rings (SSSR count). The average molecular weight is 307 g/mol. The molecule has 1 aliphatic heterocycles. The first-order valence-electron chi connectivity index (χ1n) is 8.15. The summed E-state index contributed by atoms with van der Waals surface area (Å²) in [4.78, 5) is 2.40. The second-order valence-corrected chi connectivity index (χ2v) is 5.91. The highest BCUT2D eigenvalue weighted by Crippen LogP contribution is 2.32. The number of nitrogens with one attached hydrogen (secondary N) is 2. The molecule has 2 N–H and O–H groups in total. The quantitative estimate of drug-likeness (QED) is 0.774. The highest BCUT2D eigenvalue weighted by atomic mass is 16.3. The van der Waals surface area contributed by atoms with Crippen LogP contribution in [0.25, 0.3) is 11.0 Å².